The van der Waals surface area contributed by atoms with Gasteiger partial charge in [-0.15, -0.1) is 0 Å². The standard InChI is InChI=1S/C15H18N2O3S/c1-15(2)9-12(18)17(14(15)19)7-8-20-11-5-3-10(4-6-11)13(16)21/h3-6H,7-9H2,1-2H3,(H2,16,21). The maximum absolute atomic E-state index is 12.0. The Balaban J connectivity index is 1.88. The quantitative estimate of drug-likeness (QED) is 0.659. The first-order chi connectivity index (χ1) is 9.81. The van der Waals surface area contributed by atoms with E-state index in [-0.39, 0.29) is 31.4 Å². The fourth-order valence-electron chi connectivity index (χ4n) is 2.22. The number of carbonyl (C=O) groups is 2. The molecule has 21 heavy (non-hydrogen) atoms. The summed E-state index contributed by atoms with van der Waals surface area (Å²) in [6.07, 6.45) is 0.258. The monoisotopic (exact) mass is 306 g/mol. The van der Waals surface area contributed by atoms with E-state index in [1.165, 1.54) is 4.90 Å². The average molecular weight is 306 g/mol. The predicted octanol–water partition coefficient (Wildman–Crippen LogP) is 1.48. The van der Waals surface area contributed by atoms with Gasteiger partial charge in [-0.1, -0.05) is 26.1 Å². The lowest BCUT2D eigenvalue weighted by Crippen LogP contribution is -2.36. The minimum atomic E-state index is -0.602. The molecule has 1 aromatic carbocycles. The van der Waals surface area contributed by atoms with Gasteiger partial charge in [0.1, 0.15) is 17.3 Å². The lowest BCUT2D eigenvalue weighted by Gasteiger charge is -2.17. The summed E-state index contributed by atoms with van der Waals surface area (Å²) in [6.45, 7) is 4.09. The average Bonchev–Trinajstić information content (AvgIpc) is 2.61. The SMILES string of the molecule is CC1(C)CC(=O)N(CCOc2ccc(C(N)=S)cc2)C1=O. The largest absolute Gasteiger partial charge is 0.492 e. The van der Waals surface area contributed by atoms with Gasteiger partial charge < -0.3 is 10.5 Å². The van der Waals surface area contributed by atoms with Gasteiger partial charge in [-0.05, 0) is 24.3 Å². The number of hydrogen-bond acceptors (Lipinski definition) is 4. The van der Waals surface area contributed by atoms with Crippen molar-refractivity contribution in [3.05, 3.63) is 29.8 Å². The number of benzene rings is 1. The molecule has 0 aromatic heterocycles. The van der Waals surface area contributed by atoms with Crippen LogP contribution in [0.1, 0.15) is 25.8 Å². The zero-order valence-corrected chi connectivity index (χ0v) is 12.9. The molecule has 1 fully saturated rings. The minimum absolute atomic E-state index is 0.139. The molecule has 1 aromatic rings. The van der Waals surface area contributed by atoms with E-state index in [4.69, 9.17) is 22.7 Å². The van der Waals surface area contributed by atoms with E-state index in [9.17, 15) is 9.59 Å². The number of hydrogen-bond donors (Lipinski definition) is 1. The zero-order chi connectivity index (χ0) is 15.6. The van der Waals surface area contributed by atoms with Gasteiger partial charge in [0.2, 0.25) is 11.8 Å². The predicted molar refractivity (Wildman–Crippen MR) is 82.9 cm³/mol. The summed E-state index contributed by atoms with van der Waals surface area (Å²) >= 11 is 4.87. The van der Waals surface area contributed by atoms with E-state index in [1.54, 1.807) is 38.1 Å². The van der Waals surface area contributed by atoms with Crippen LogP contribution in [0.4, 0.5) is 0 Å². The number of nitrogens with two attached hydrogens (primary N) is 1. The van der Waals surface area contributed by atoms with Crippen molar-refractivity contribution in [2.45, 2.75) is 20.3 Å². The second kappa shape index (κ2) is 5.81. The van der Waals surface area contributed by atoms with Crippen molar-refractivity contribution in [1.82, 2.24) is 4.90 Å². The summed E-state index contributed by atoms with van der Waals surface area (Å²) in [5.41, 5.74) is 5.68. The third kappa shape index (κ3) is 3.39. The van der Waals surface area contributed by atoms with Crippen LogP contribution >= 0.6 is 12.2 Å². The van der Waals surface area contributed by atoms with E-state index in [0.717, 1.165) is 5.56 Å². The number of imide groups is 1. The normalized spacial score (nSPS) is 17.1. The highest BCUT2D eigenvalue weighted by molar-refractivity contribution is 7.80. The fourth-order valence-corrected chi connectivity index (χ4v) is 2.36. The summed E-state index contributed by atoms with van der Waals surface area (Å²) in [5.74, 6) is 0.366. The fraction of sp³-hybridized carbons (Fsp3) is 0.400. The highest BCUT2D eigenvalue weighted by Gasteiger charge is 2.44. The van der Waals surface area contributed by atoms with E-state index < -0.39 is 5.41 Å². The molecular formula is C15H18N2O3S. The second-order valence-electron chi connectivity index (χ2n) is 5.65. The van der Waals surface area contributed by atoms with Crippen molar-refractivity contribution in [2.75, 3.05) is 13.2 Å². The number of ether oxygens (including phenoxy) is 1. The van der Waals surface area contributed by atoms with E-state index in [0.29, 0.717) is 10.7 Å². The van der Waals surface area contributed by atoms with Gasteiger partial charge in [0, 0.05) is 12.0 Å². The first-order valence-electron chi connectivity index (χ1n) is 6.69. The van der Waals surface area contributed by atoms with Crippen molar-refractivity contribution in [3.63, 3.8) is 0 Å². The third-order valence-electron chi connectivity index (χ3n) is 3.44. The highest BCUT2D eigenvalue weighted by Crippen LogP contribution is 2.31. The Morgan fingerprint density at radius 1 is 1.33 bits per heavy atom. The van der Waals surface area contributed by atoms with Gasteiger partial charge in [0.25, 0.3) is 0 Å². The lowest BCUT2D eigenvalue weighted by atomic mass is 9.92. The number of likely N-dealkylation sites (tertiary alicyclic amines) is 1. The summed E-state index contributed by atoms with van der Waals surface area (Å²) in [7, 11) is 0. The molecule has 5 nitrogen and oxygen atoms in total. The Labute approximate surface area is 129 Å². The van der Waals surface area contributed by atoms with Crippen LogP contribution in [0.25, 0.3) is 0 Å². The first-order valence-corrected chi connectivity index (χ1v) is 7.09. The van der Waals surface area contributed by atoms with Crippen LogP contribution in [-0.2, 0) is 9.59 Å². The Kier molecular flexibility index (Phi) is 4.27. The number of nitrogens with zero attached hydrogens (tertiary/aromatic N) is 1. The minimum Gasteiger partial charge on any atom is -0.492 e. The summed E-state index contributed by atoms with van der Waals surface area (Å²) in [5, 5.41) is 0. The molecular weight excluding hydrogens is 288 g/mol. The molecule has 1 aliphatic rings. The Morgan fingerprint density at radius 2 is 1.95 bits per heavy atom. The first kappa shape index (κ1) is 15.4. The molecule has 0 bridgehead atoms. The molecule has 1 saturated heterocycles. The Hall–Kier alpha value is -1.95. The van der Waals surface area contributed by atoms with Gasteiger partial charge in [-0.2, -0.15) is 0 Å². The van der Waals surface area contributed by atoms with Crippen LogP contribution in [0.2, 0.25) is 0 Å². The van der Waals surface area contributed by atoms with Crippen LogP contribution in [0, 0.1) is 5.41 Å². The molecule has 2 rings (SSSR count). The Morgan fingerprint density at radius 3 is 2.43 bits per heavy atom. The van der Waals surface area contributed by atoms with Crippen LogP contribution < -0.4 is 10.5 Å². The molecule has 6 heteroatoms. The van der Waals surface area contributed by atoms with Gasteiger partial charge in [0.05, 0.1) is 12.0 Å². The molecule has 0 aliphatic carbocycles. The van der Waals surface area contributed by atoms with Crippen molar-refractivity contribution in [1.29, 1.82) is 0 Å². The van der Waals surface area contributed by atoms with Crippen LogP contribution in [0.15, 0.2) is 24.3 Å². The third-order valence-corrected chi connectivity index (χ3v) is 3.68. The molecule has 0 spiro atoms. The van der Waals surface area contributed by atoms with E-state index in [1.807, 2.05) is 0 Å². The number of carbonyl (C=O) groups excluding carboxylic acids is 2. The smallest absolute Gasteiger partial charge is 0.235 e. The molecule has 2 N–H and O–H groups in total. The van der Waals surface area contributed by atoms with Gasteiger partial charge >= 0.3 is 0 Å². The number of amides is 2. The Bertz CT molecular complexity index is 581. The molecule has 112 valence electrons. The summed E-state index contributed by atoms with van der Waals surface area (Å²) in [4.78, 5) is 25.4. The van der Waals surface area contributed by atoms with E-state index >= 15 is 0 Å². The van der Waals surface area contributed by atoms with Gasteiger partial charge in [-0.25, -0.2) is 0 Å². The molecule has 1 heterocycles. The lowest BCUT2D eigenvalue weighted by molar-refractivity contribution is -0.141. The van der Waals surface area contributed by atoms with Crippen molar-refractivity contribution in [3.8, 4) is 5.75 Å². The molecule has 0 saturated carbocycles. The van der Waals surface area contributed by atoms with Crippen LogP contribution in [0.3, 0.4) is 0 Å². The van der Waals surface area contributed by atoms with Crippen LogP contribution in [0.5, 0.6) is 5.75 Å². The van der Waals surface area contributed by atoms with E-state index in [2.05, 4.69) is 0 Å². The number of thiocarbonyl (C=S) groups is 1. The molecule has 0 atom stereocenters. The van der Waals surface area contributed by atoms with Crippen molar-refractivity contribution < 1.29 is 14.3 Å². The number of rotatable bonds is 5. The molecule has 2 amide bonds. The van der Waals surface area contributed by atoms with Crippen molar-refractivity contribution in [2.24, 2.45) is 11.1 Å². The molecule has 1 aliphatic heterocycles. The topological polar surface area (TPSA) is 72.6 Å². The molecule has 0 unspecified atom stereocenters. The molecule has 0 radical (unpaired) electrons. The summed E-state index contributed by atoms with van der Waals surface area (Å²) < 4.78 is 5.54. The van der Waals surface area contributed by atoms with Gasteiger partial charge in [0.15, 0.2) is 0 Å². The summed E-state index contributed by atoms with van der Waals surface area (Å²) in [6, 6.07) is 7.05. The van der Waals surface area contributed by atoms with Crippen LogP contribution in [-0.4, -0.2) is 34.9 Å². The second-order valence-corrected chi connectivity index (χ2v) is 6.09. The zero-order valence-electron chi connectivity index (χ0n) is 12.1. The highest BCUT2D eigenvalue weighted by atomic mass is 32.1. The van der Waals surface area contributed by atoms with Gasteiger partial charge in [-0.3, -0.25) is 14.5 Å². The maximum Gasteiger partial charge on any atom is 0.235 e. The van der Waals surface area contributed by atoms with Crippen molar-refractivity contribution >= 4 is 29.0 Å². The maximum atomic E-state index is 12.0.